The summed E-state index contributed by atoms with van der Waals surface area (Å²) >= 11 is 0. The highest BCUT2D eigenvalue weighted by Gasteiger charge is 2.20. The Hall–Kier alpha value is -1.04. The molecule has 2 N–H and O–H groups in total. The van der Waals surface area contributed by atoms with Gasteiger partial charge in [0.1, 0.15) is 6.61 Å². The van der Waals surface area contributed by atoms with E-state index in [4.69, 9.17) is 9.94 Å². The summed E-state index contributed by atoms with van der Waals surface area (Å²) in [5.41, 5.74) is 0. The summed E-state index contributed by atoms with van der Waals surface area (Å²) < 4.78 is 0. The Labute approximate surface area is 84.3 Å². The highest BCUT2D eigenvalue weighted by molar-refractivity contribution is 4.45. The molecule has 0 atom stereocenters. The van der Waals surface area contributed by atoms with Gasteiger partial charge in [-0.15, -0.1) is 5.01 Å². The highest BCUT2D eigenvalue weighted by Crippen LogP contribution is 1.97. The van der Waals surface area contributed by atoms with Crippen LogP contribution < -0.4 is 0 Å². The van der Waals surface area contributed by atoms with Crippen LogP contribution in [0.1, 0.15) is 27.2 Å². The molecule has 0 spiro atoms. The molecule has 84 valence electrons. The predicted octanol–water partition coefficient (Wildman–Crippen LogP) is 0.800. The van der Waals surface area contributed by atoms with Crippen LogP contribution in [0.4, 0.5) is 0 Å². The van der Waals surface area contributed by atoms with Crippen molar-refractivity contribution in [3.05, 3.63) is 0 Å². The van der Waals surface area contributed by atoms with Crippen LogP contribution >= 0.6 is 0 Å². The Kier molecular flexibility index (Phi) is 6.82. The van der Waals surface area contributed by atoms with Gasteiger partial charge >= 0.3 is 0 Å². The van der Waals surface area contributed by atoms with Crippen LogP contribution in [0.15, 0.2) is 5.28 Å². The molecule has 0 fully saturated rings. The first kappa shape index (κ1) is 13.0. The van der Waals surface area contributed by atoms with Crippen LogP contribution in [-0.4, -0.2) is 46.1 Å². The van der Waals surface area contributed by atoms with Gasteiger partial charge in [0.05, 0.1) is 12.6 Å². The molecule has 0 rings (SSSR count). The lowest BCUT2D eigenvalue weighted by Gasteiger charge is -2.13. The average Bonchev–Trinajstić information content (AvgIpc) is 2.13. The molecule has 0 aliphatic heterocycles. The summed E-state index contributed by atoms with van der Waals surface area (Å²) in [6, 6.07) is 0.148. The van der Waals surface area contributed by atoms with E-state index in [1.807, 2.05) is 20.8 Å². The third-order valence-corrected chi connectivity index (χ3v) is 1.67. The zero-order valence-corrected chi connectivity index (χ0v) is 9.05. The van der Waals surface area contributed by atoms with Gasteiger partial charge in [-0.25, -0.2) is 5.21 Å². The largest absolute Gasteiger partial charge is 0.396 e. The van der Waals surface area contributed by atoms with Crippen LogP contribution in [-0.2, 0) is 4.84 Å². The van der Waals surface area contributed by atoms with Crippen LogP contribution in [0.5, 0.6) is 0 Å². The Morgan fingerprint density at radius 3 is 2.57 bits per heavy atom. The van der Waals surface area contributed by atoms with Crippen LogP contribution in [0.3, 0.4) is 0 Å². The van der Waals surface area contributed by atoms with Gasteiger partial charge in [-0.1, -0.05) is 0 Å². The minimum atomic E-state index is 0.0582. The minimum Gasteiger partial charge on any atom is -0.396 e. The summed E-state index contributed by atoms with van der Waals surface area (Å²) in [6.45, 7) is 6.78. The maximum Gasteiger partial charge on any atom is 0.274 e. The van der Waals surface area contributed by atoms with E-state index < -0.39 is 0 Å². The number of rotatable bonds is 7. The maximum absolute atomic E-state index is 9.38. The van der Waals surface area contributed by atoms with Gasteiger partial charge in [0.15, 0.2) is 0 Å². The van der Waals surface area contributed by atoms with Gasteiger partial charge < -0.3 is 9.94 Å². The molecule has 0 bridgehead atoms. The molecule has 0 heterocycles. The van der Waals surface area contributed by atoms with E-state index in [2.05, 4.69) is 5.28 Å². The fraction of sp³-hybridized carbons (Fsp3) is 1.00. The number of hydrazine groups is 1. The quantitative estimate of drug-likeness (QED) is 0.280. The van der Waals surface area contributed by atoms with E-state index in [1.54, 1.807) is 5.01 Å². The van der Waals surface area contributed by atoms with Crippen molar-refractivity contribution in [3.8, 4) is 0 Å². The van der Waals surface area contributed by atoms with E-state index in [0.717, 1.165) is 0 Å². The maximum atomic E-state index is 9.38. The molecule has 6 nitrogen and oxygen atoms in total. The highest BCUT2D eigenvalue weighted by atomic mass is 16.7. The molecule has 0 saturated carbocycles. The molecule has 0 unspecified atom stereocenters. The molecule has 0 aliphatic carbocycles. The van der Waals surface area contributed by atoms with Crippen LogP contribution in [0.2, 0.25) is 0 Å². The third kappa shape index (κ3) is 4.86. The van der Waals surface area contributed by atoms with Gasteiger partial charge in [0.2, 0.25) is 0 Å². The van der Waals surface area contributed by atoms with Crippen molar-refractivity contribution in [2.75, 3.05) is 19.8 Å². The fourth-order valence-corrected chi connectivity index (χ4v) is 0.967. The number of nitrogens with zero attached hydrogens (tertiary/aromatic N) is 3. The van der Waals surface area contributed by atoms with Crippen molar-refractivity contribution < 1.29 is 20.1 Å². The lowest BCUT2D eigenvalue weighted by Crippen LogP contribution is -2.37. The van der Waals surface area contributed by atoms with Gasteiger partial charge in [-0.2, -0.15) is 0 Å². The zero-order valence-electron chi connectivity index (χ0n) is 9.05. The Morgan fingerprint density at radius 2 is 2.14 bits per heavy atom. The summed E-state index contributed by atoms with van der Waals surface area (Å²) in [7, 11) is 0. The van der Waals surface area contributed by atoms with Crippen molar-refractivity contribution in [1.29, 1.82) is 0 Å². The molecule has 0 aromatic rings. The van der Waals surface area contributed by atoms with Crippen molar-refractivity contribution in [2.24, 2.45) is 5.28 Å². The molecule has 0 aromatic heterocycles. The second-order valence-electron chi connectivity index (χ2n) is 3.11. The topological polar surface area (TPSA) is 68.3 Å². The minimum absolute atomic E-state index is 0.0582. The molecule has 0 aromatic carbocycles. The number of hydrogen-bond donors (Lipinski definition) is 2. The van der Waals surface area contributed by atoms with Crippen LogP contribution in [0.25, 0.3) is 0 Å². The van der Waals surface area contributed by atoms with Gasteiger partial charge in [-0.3, -0.25) is 0 Å². The van der Waals surface area contributed by atoms with Gasteiger partial charge in [-0.05, 0) is 20.8 Å². The standard InChI is InChI=1S/C8H20N3O3/c1-4-10(8(2)3)11(13)9-14-7-5-6-12/h8,12H,4-7H2,1-3H3,(H,9,13)/q+1. The van der Waals surface area contributed by atoms with Crippen molar-refractivity contribution in [3.63, 3.8) is 0 Å². The average molecular weight is 206 g/mol. The van der Waals surface area contributed by atoms with Crippen molar-refractivity contribution in [2.45, 2.75) is 33.2 Å². The second kappa shape index (κ2) is 7.37. The first-order valence-electron chi connectivity index (χ1n) is 4.82. The molecule has 0 saturated heterocycles. The van der Waals surface area contributed by atoms with E-state index in [-0.39, 0.29) is 12.6 Å². The number of hydrogen-bond acceptors (Lipinski definition) is 3. The summed E-state index contributed by atoms with van der Waals surface area (Å²) in [5, 5.41) is 22.9. The predicted molar refractivity (Wildman–Crippen MR) is 49.6 cm³/mol. The zero-order chi connectivity index (χ0) is 11.0. The monoisotopic (exact) mass is 206 g/mol. The lowest BCUT2D eigenvalue weighted by molar-refractivity contribution is -0.944. The lowest BCUT2D eigenvalue weighted by atomic mass is 10.4. The molecule has 6 heteroatoms. The van der Waals surface area contributed by atoms with Crippen LogP contribution in [0, 0.1) is 0 Å². The second-order valence-corrected chi connectivity index (χ2v) is 3.11. The fourth-order valence-electron chi connectivity index (χ4n) is 0.967. The van der Waals surface area contributed by atoms with Gasteiger partial charge in [0.25, 0.3) is 10.2 Å². The van der Waals surface area contributed by atoms with Crippen molar-refractivity contribution >= 4 is 0 Å². The molecule has 0 amide bonds. The van der Waals surface area contributed by atoms with E-state index in [9.17, 15) is 5.21 Å². The van der Waals surface area contributed by atoms with Crippen molar-refractivity contribution in [1.82, 2.24) is 5.01 Å². The van der Waals surface area contributed by atoms with E-state index in [0.29, 0.717) is 24.5 Å². The Balaban J connectivity index is 3.93. The Morgan fingerprint density at radius 1 is 1.50 bits per heavy atom. The SMILES string of the molecule is CCN(C(C)C)/[N+](O)=N/OCCCO. The first-order chi connectivity index (χ1) is 6.63. The molecule has 0 radical (unpaired) electrons. The summed E-state index contributed by atoms with van der Waals surface area (Å²) in [4.78, 5) is 5.46. The third-order valence-electron chi connectivity index (χ3n) is 1.67. The number of aliphatic hydroxyl groups is 1. The van der Waals surface area contributed by atoms with E-state index in [1.165, 1.54) is 0 Å². The van der Waals surface area contributed by atoms with E-state index >= 15 is 0 Å². The first-order valence-corrected chi connectivity index (χ1v) is 4.82. The Bertz CT molecular complexity index is 173. The normalized spacial score (nSPS) is 11.9. The summed E-state index contributed by atoms with van der Waals surface area (Å²) in [5.74, 6) is 0. The molecule has 14 heavy (non-hydrogen) atoms. The van der Waals surface area contributed by atoms with Gasteiger partial charge in [0, 0.05) is 13.0 Å². The molecule has 0 aliphatic rings. The smallest absolute Gasteiger partial charge is 0.274 e. The molecular formula is C8H20N3O3+. The molecular weight excluding hydrogens is 186 g/mol. The summed E-state index contributed by atoms with van der Waals surface area (Å²) in [6.07, 6.45) is 0.505. The number of aliphatic hydroxyl groups excluding tert-OH is 1.